The molecule has 0 spiro atoms. The zero-order valence-electron chi connectivity index (χ0n) is 20.3. The Morgan fingerprint density at radius 1 is 1.03 bits per heavy atom. The van der Waals surface area contributed by atoms with Crippen molar-refractivity contribution in [1.82, 2.24) is 9.47 Å². The van der Waals surface area contributed by atoms with E-state index in [-0.39, 0.29) is 29.3 Å². The fourth-order valence-corrected chi connectivity index (χ4v) is 4.62. The van der Waals surface area contributed by atoms with Gasteiger partial charge < -0.3 is 23.9 Å². The normalized spacial score (nSPS) is 17.9. The summed E-state index contributed by atoms with van der Waals surface area (Å²) in [6, 6.07) is 0.901. The van der Waals surface area contributed by atoms with Gasteiger partial charge in [-0.25, -0.2) is 26.3 Å². The number of hydrogen-bond donors (Lipinski definition) is 0. The summed E-state index contributed by atoms with van der Waals surface area (Å²) in [7, 11) is 1.98. The fourth-order valence-electron chi connectivity index (χ4n) is 4.62. The van der Waals surface area contributed by atoms with Crippen LogP contribution in [0.4, 0.5) is 32.0 Å². The van der Waals surface area contributed by atoms with Crippen LogP contribution >= 0.6 is 0 Å². The number of anilines is 1. The first-order valence-corrected chi connectivity index (χ1v) is 11.7. The maximum atomic E-state index is 15.4. The molecule has 1 aromatic heterocycles. The van der Waals surface area contributed by atoms with E-state index in [4.69, 9.17) is 9.57 Å². The van der Waals surface area contributed by atoms with Crippen molar-refractivity contribution in [2.75, 3.05) is 44.7 Å². The predicted octanol–water partition coefficient (Wildman–Crippen LogP) is 4.09. The predicted molar refractivity (Wildman–Crippen MR) is 127 cm³/mol. The van der Waals surface area contributed by atoms with Gasteiger partial charge in [0.2, 0.25) is 5.82 Å². The van der Waals surface area contributed by atoms with Gasteiger partial charge in [-0.1, -0.05) is 5.16 Å². The van der Waals surface area contributed by atoms with Crippen LogP contribution in [0.25, 0.3) is 10.9 Å². The van der Waals surface area contributed by atoms with Crippen LogP contribution in [-0.4, -0.2) is 55.5 Å². The van der Waals surface area contributed by atoms with E-state index >= 15 is 4.39 Å². The van der Waals surface area contributed by atoms with Crippen LogP contribution in [0.3, 0.4) is 0 Å². The summed E-state index contributed by atoms with van der Waals surface area (Å²) in [5.74, 6) is -10.9. The highest BCUT2D eigenvalue weighted by atomic mass is 19.2. The lowest BCUT2D eigenvalue weighted by Crippen LogP contribution is -2.45. The molecule has 202 valence electrons. The first-order chi connectivity index (χ1) is 18.1. The van der Waals surface area contributed by atoms with Gasteiger partial charge >= 0.3 is 0 Å². The third-order valence-electron chi connectivity index (χ3n) is 6.76. The summed E-state index contributed by atoms with van der Waals surface area (Å²) >= 11 is 0. The average Bonchev–Trinajstić information content (AvgIpc) is 2.90. The molecular weight excluding hydrogens is 518 g/mol. The second-order valence-corrected chi connectivity index (χ2v) is 9.26. The standard InChI is InChI=1S/C25H22F6N4O3/c1-12-10-37-25-22-14(7-16(26)23(25)34-5-3-33(2)4-6-34)24(36)13(9-35(12)22)8-32-38-11-15-17(27)19(29)21(31)20(30)18(15)28/h7-9,12H,3-6,10-11H2,1-2H3/t12-/m0/s1. The molecule has 0 bridgehead atoms. The second kappa shape index (κ2) is 9.86. The number of piperazine rings is 1. The molecule has 0 amide bonds. The summed E-state index contributed by atoms with van der Waals surface area (Å²) in [6.07, 6.45) is 2.41. The van der Waals surface area contributed by atoms with E-state index in [1.54, 1.807) is 4.57 Å². The molecule has 0 N–H and O–H groups in total. The van der Waals surface area contributed by atoms with Gasteiger partial charge in [0, 0.05) is 32.4 Å². The van der Waals surface area contributed by atoms with Gasteiger partial charge in [-0.15, -0.1) is 0 Å². The number of ether oxygens (including phenoxy) is 1. The number of hydrogen-bond acceptors (Lipinski definition) is 6. The maximum Gasteiger partial charge on any atom is 0.200 e. The largest absolute Gasteiger partial charge is 0.487 e. The van der Waals surface area contributed by atoms with Gasteiger partial charge in [0.05, 0.1) is 34.3 Å². The zero-order valence-corrected chi connectivity index (χ0v) is 20.3. The monoisotopic (exact) mass is 540 g/mol. The van der Waals surface area contributed by atoms with Crippen LogP contribution in [0.15, 0.2) is 22.2 Å². The Balaban J connectivity index is 1.49. The number of nitrogens with zero attached hydrogens (tertiary/aromatic N) is 4. The number of rotatable bonds is 5. The smallest absolute Gasteiger partial charge is 0.200 e. The van der Waals surface area contributed by atoms with E-state index in [9.17, 15) is 26.7 Å². The van der Waals surface area contributed by atoms with E-state index in [0.717, 1.165) is 25.4 Å². The van der Waals surface area contributed by atoms with Gasteiger partial charge in [-0.3, -0.25) is 4.79 Å². The Hall–Kier alpha value is -3.74. The number of pyridine rings is 1. The van der Waals surface area contributed by atoms with Crippen molar-refractivity contribution in [2.24, 2.45) is 5.16 Å². The van der Waals surface area contributed by atoms with Crippen molar-refractivity contribution in [2.45, 2.75) is 19.6 Å². The Morgan fingerprint density at radius 2 is 1.66 bits per heavy atom. The van der Waals surface area contributed by atoms with E-state index in [0.29, 0.717) is 24.3 Å². The first-order valence-electron chi connectivity index (χ1n) is 11.7. The van der Waals surface area contributed by atoms with Crippen molar-refractivity contribution >= 4 is 22.8 Å². The molecule has 5 rings (SSSR count). The van der Waals surface area contributed by atoms with E-state index < -0.39 is 52.5 Å². The Morgan fingerprint density at radius 3 is 2.32 bits per heavy atom. The quantitative estimate of drug-likeness (QED) is 0.161. The molecule has 38 heavy (non-hydrogen) atoms. The molecule has 13 heteroatoms. The second-order valence-electron chi connectivity index (χ2n) is 9.26. The molecule has 2 aliphatic heterocycles. The minimum Gasteiger partial charge on any atom is -0.487 e. The van der Waals surface area contributed by atoms with Gasteiger partial charge in [0.1, 0.15) is 18.9 Å². The van der Waals surface area contributed by atoms with Crippen molar-refractivity contribution in [3.8, 4) is 5.75 Å². The van der Waals surface area contributed by atoms with Crippen molar-refractivity contribution in [3.05, 3.63) is 68.5 Å². The van der Waals surface area contributed by atoms with Crippen molar-refractivity contribution < 1.29 is 35.9 Å². The Labute approximate surface area is 212 Å². The molecule has 2 aliphatic rings. The highest BCUT2D eigenvalue weighted by Gasteiger charge is 2.30. The van der Waals surface area contributed by atoms with Gasteiger partial charge in [0.15, 0.2) is 40.3 Å². The van der Waals surface area contributed by atoms with Crippen LogP contribution in [0.1, 0.15) is 24.1 Å². The molecule has 3 heterocycles. The van der Waals surface area contributed by atoms with Crippen LogP contribution in [0.5, 0.6) is 5.75 Å². The van der Waals surface area contributed by atoms with E-state index in [1.165, 1.54) is 6.20 Å². The van der Waals surface area contributed by atoms with E-state index in [2.05, 4.69) is 10.1 Å². The third kappa shape index (κ3) is 4.24. The molecule has 7 nitrogen and oxygen atoms in total. The summed E-state index contributed by atoms with van der Waals surface area (Å²) < 4.78 is 90.7. The maximum absolute atomic E-state index is 15.4. The molecule has 3 aromatic rings. The summed E-state index contributed by atoms with van der Waals surface area (Å²) in [5, 5.41) is 3.51. The third-order valence-corrected chi connectivity index (χ3v) is 6.76. The zero-order chi connectivity index (χ0) is 27.3. The number of halogens is 6. The van der Waals surface area contributed by atoms with Gasteiger partial charge in [0.25, 0.3) is 0 Å². The molecule has 0 aliphatic carbocycles. The van der Waals surface area contributed by atoms with E-state index in [1.807, 2.05) is 18.9 Å². The van der Waals surface area contributed by atoms with Crippen LogP contribution in [-0.2, 0) is 11.4 Å². The summed E-state index contributed by atoms with van der Waals surface area (Å²) in [5.41, 5.74) is -1.15. The van der Waals surface area contributed by atoms with Crippen molar-refractivity contribution in [1.29, 1.82) is 0 Å². The Kier molecular flexibility index (Phi) is 6.72. The number of aromatic nitrogens is 1. The molecular formula is C25H22F6N4O3. The van der Waals surface area contributed by atoms with Crippen LogP contribution in [0, 0.1) is 34.9 Å². The minimum atomic E-state index is -2.29. The lowest BCUT2D eigenvalue weighted by molar-refractivity contribution is 0.124. The Bertz CT molecular complexity index is 1490. The summed E-state index contributed by atoms with van der Waals surface area (Å²) in [6.45, 7) is 3.61. The number of oxime groups is 1. The first kappa shape index (κ1) is 25.9. The molecule has 0 unspecified atom stereocenters. The lowest BCUT2D eigenvalue weighted by Gasteiger charge is -2.37. The molecule has 0 saturated carbocycles. The molecule has 0 radical (unpaired) electrons. The average molecular weight is 540 g/mol. The highest BCUT2D eigenvalue weighted by Crippen LogP contribution is 2.42. The highest BCUT2D eigenvalue weighted by molar-refractivity contribution is 5.95. The fraction of sp³-hybridized carbons (Fsp3) is 0.360. The lowest BCUT2D eigenvalue weighted by atomic mass is 10.1. The SMILES string of the molecule is C[C@H]1COc2c(N3CCN(C)CC3)c(F)cc3c(=O)c(C=NOCc4c(F)c(F)c(F)c(F)c4F)cn1c23. The number of likely N-dealkylation sites (N-methyl/N-ethyl adjacent to an activating group) is 1. The summed E-state index contributed by atoms with van der Waals surface area (Å²) in [4.78, 5) is 22.0. The van der Waals surface area contributed by atoms with Gasteiger partial charge in [-0.2, -0.15) is 0 Å². The molecule has 1 fully saturated rings. The minimum absolute atomic E-state index is 0.0330. The molecule has 1 atom stereocenters. The van der Waals surface area contributed by atoms with Crippen molar-refractivity contribution in [3.63, 3.8) is 0 Å². The van der Waals surface area contributed by atoms with Gasteiger partial charge in [-0.05, 0) is 20.0 Å². The molecule has 2 aromatic carbocycles. The van der Waals surface area contributed by atoms with Crippen LogP contribution < -0.4 is 15.1 Å². The topological polar surface area (TPSA) is 59.3 Å². The van der Waals surface area contributed by atoms with Crippen LogP contribution in [0.2, 0.25) is 0 Å². The number of benzene rings is 2. The molecule has 1 saturated heterocycles.